The third-order valence-corrected chi connectivity index (χ3v) is 1.72. The van der Waals surface area contributed by atoms with Crippen LogP contribution in [0.2, 0.25) is 0 Å². The number of morpholine rings is 1. The molecule has 1 atom stereocenters. The molecular formula is C8H15N3O. The third kappa shape index (κ3) is 2.64. The van der Waals surface area contributed by atoms with Crippen molar-refractivity contribution in [1.82, 2.24) is 5.32 Å². The first-order valence-corrected chi connectivity index (χ1v) is 4.04. The summed E-state index contributed by atoms with van der Waals surface area (Å²) in [5.41, 5.74) is 6.47. The number of ether oxygens (including phenoxy) is 1. The lowest BCUT2D eigenvalue weighted by Crippen LogP contribution is -2.41. The van der Waals surface area contributed by atoms with Gasteiger partial charge in [-0.2, -0.15) is 0 Å². The maximum absolute atomic E-state index is 5.74. The van der Waals surface area contributed by atoms with E-state index in [4.69, 9.17) is 10.5 Å². The summed E-state index contributed by atoms with van der Waals surface area (Å²) in [5, 5.41) is 3.20. The lowest BCUT2D eigenvalue weighted by atomic mass is 10.2. The number of nitrogens with zero attached hydrogens (tertiary/aromatic N) is 1. The third-order valence-electron chi connectivity index (χ3n) is 1.72. The van der Waals surface area contributed by atoms with Gasteiger partial charge in [-0.15, -0.1) is 0 Å². The number of aliphatic imine (C=N–C) groups is 1. The van der Waals surface area contributed by atoms with E-state index in [1.54, 1.807) is 19.3 Å². The maximum Gasteiger partial charge on any atom is 0.109 e. The van der Waals surface area contributed by atoms with E-state index < -0.39 is 0 Å². The highest BCUT2D eigenvalue weighted by Gasteiger charge is 2.14. The Labute approximate surface area is 72.5 Å². The molecule has 1 unspecified atom stereocenters. The molecule has 3 N–H and O–H groups in total. The zero-order chi connectivity index (χ0) is 8.81. The molecule has 12 heavy (non-hydrogen) atoms. The van der Waals surface area contributed by atoms with Crippen molar-refractivity contribution in [2.75, 3.05) is 26.7 Å². The first-order chi connectivity index (χ1) is 5.84. The van der Waals surface area contributed by atoms with E-state index in [0.29, 0.717) is 0 Å². The fourth-order valence-corrected chi connectivity index (χ4v) is 1.05. The fourth-order valence-electron chi connectivity index (χ4n) is 1.05. The normalized spacial score (nSPS) is 26.4. The summed E-state index contributed by atoms with van der Waals surface area (Å²) in [6.45, 7) is 2.42. The predicted molar refractivity (Wildman–Crippen MR) is 49.3 cm³/mol. The van der Waals surface area contributed by atoms with Gasteiger partial charge in [-0.1, -0.05) is 0 Å². The van der Waals surface area contributed by atoms with E-state index in [9.17, 15) is 0 Å². The van der Waals surface area contributed by atoms with Crippen LogP contribution in [-0.4, -0.2) is 39.1 Å². The average molecular weight is 169 g/mol. The Morgan fingerprint density at radius 1 is 1.75 bits per heavy atom. The number of hydrogen-bond acceptors (Lipinski definition) is 4. The Morgan fingerprint density at radius 3 is 3.17 bits per heavy atom. The molecule has 0 bridgehead atoms. The highest BCUT2D eigenvalue weighted by Crippen LogP contribution is 2.02. The molecule has 4 nitrogen and oxygen atoms in total. The van der Waals surface area contributed by atoms with Gasteiger partial charge in [0.1, 0.15) is 6.10 Å². The quantitative estimate of drug-likeness (QED) is 0.549. The van der Waals surface area contributed by atoms with Crippen molar-refractivity contribution in [2.24, 2.45) is 10.7 Å². The number of allylic oxidation sites excluding steroid dienone is 1. The molecule has 68 valence electrons. The molecule has 0 radical (unpaired) electrons. The van der Waals surface area contributed by atoms with Crippen LogP contribution in [-0.2, 0) is 4.74 Å². The number of hydrogen-bond donors (Lipinski definition) is 2. The summed E-state index contributed by atoms with van der Waals surface area (Å²) >= 11 is 0. The van der Waals surface area contributed by atoms with Crippen molar-refractivity contribution in [2.45, 2.75) is 6.10 Å². The molecule has 0 aromatic carbocycles. The molecule has 0 saturated carbocycles. The van der Waals surface area contributed by atoms with E-state index in [0.717, 1.165) is 25.4 Å². The summed E-state index contributed by atoms with van der Waals surface area (Å²) in [6, 6.07) is 0. The molecule has 1 fully saturated rings. The molecule has 1 aliphatic rings. The van der Waals surface area contributed by atoms with Crippen LogP contribution in [0.5, 0.6) is 0 Å². The second-order valence-corrected chi connectivity index (χ2v) is 2.64. The van der Waals surface area contributed by atoms with Gasteiger partial charge in [0.25, 0.3) is 0 Å². The zero-order valence-corrected chi connectivity index (χ0v) is 7.29. The highest BCUT2D eigenvalue weighted by molar-refractivity contribution is 5.71. The fraction of sp³-hybridized carbons (Fsp3) is 0.625. The largest absolute Gasteiger partial charge is 0.400 e. The lowest BCUT2D eigenvalue weighted by molar-refractivity contribution is 0.0510. The topological polar surface area (TPSA) is 59.6 Å². The summed E-state index contributed by atoms with van der Waals surface area (Å²) in [6.07, 6.45) is 3.46. The molecule has 1 heterocycles. The minimum atomic E-state index is 0.0109. The Kier molecular flexibility index (Phi) is 3.76. The summed E-state index contributed by atoms with van der Waals surface area (Å²) in [5.74, 6) is 0. The van der Waals surface area contributed by atoms with Crippen molar-refractivity contribution in [3.63, 3.8) is 0 Å². The second kappa shape index (κ2) is 4.90. The van der Waals surface area contributed by atoms with Crippen LogP contribution in [0, 0.1) is 0 Å². The van der Waals surface area contributed by atoms with Gasteiger partial charge in [0.15, 0.2) is 0 Å². The SMILES string of the molecule is CN=C/C=C(\N)C1CNCCO1. The van der Waals surface area contributed by atoms with Crippen molar-refractivity contribution >= 4 is 6.21 Å². The first-order valence-electron chi connectivity index (χ1n) is 4.04. The first kappa shape index (κ1) is 9.22. The number of nitrogens with one attached hydrogen (secondary N) is 1. The van der Waals surface area contributed by atoms with Gasteiger partial charge in [0, 0.05) is 32.0 Å². The van der Waals surface area contributed by atoms with Crippen LogP contribution in [0.25, 0.3) is 0 Å². The minimum Gasteiger partial charge on any atom is -0.400 e. The molecule has 0 amide bonds. The van der Waals surface area contributed by atoms with E-state index in [-0.39, 0.29) is 6.10 Å². The van der Waals surface area contributed by atoms with Gasteiger partial charge in [-0.25, -0.2) is 0 Å². The molecule has 0 aromatic heterocycles. The van der Waals surface area contributed by atoms with Crippen LogP contribution < -0.4 is 11.1 Å². The van der Waals surface area contributed by atoms with Crippen LogP contribution in [0.4, 0.5) is 0 Å². The molecular weight excluding hydrogens is 154 g/mol. The van der Waals surface area contributed by atoms with Crippen LogP contribution in [0.1, 0.15) is 0 Å². The Balaban J connectivity index is 2.44. The van der Waals surface area contributed by atoms with Gasteiger partial charge < -0.3 is 15.8 Å². The smallest absolute Gasteiger partial charge is 0.109 e. The average Bonchev–Trinajstić information content (AvgIpc) is 2.15. The van der Waals surface area contributed by atoms with Gasteiger partial charge in [0.05, 0.1) is 6.61 Å². The van der Waals surface area contributed by atoms with Crippen molar-refractivity contribution in [3.05, 3.63) is 11.8 Å². The van der Waals surface area contributed by atoms with Crippen molar-refractivity contribution in [3.8, 4) is 0 Å². The van der Waals surface area contributed by atoms with Gasteiger partial charge in [-0.3, -0.25) is 4.99 Å². The van der Waals surface area contributed by atoms with E-state index in [1.165, 1.54) is 0 Å². The number of rotatable bonds is 2. The van der Waals surface area contributed by atoms with Gasteiger partial charge >= 0.3 is 0 Å². The summed E-state index contributed by atoms with van der Waals surface area (Å²) < 4.78 is 5.42. The van der Waals surface area contributed by atoms with E-state index in [1.807, 2.05) is 0 Å². The molecule has 0 aromatic rings. The monoisotopic (exact) mass is 169 g/mol. The van der Waals surface area contributed by atoms with Crippen LogP contribution in [0.3, 0.4) is 0 Å². The molecule has 1 rings (SSSR count). The lowest BCUT2D eigenvalue weighted by Gasteiger charge is -2.23. The Hall–Kier alpha value is -0.870. The van der Waals surface area contributed by atoms with Gasteiger partial charge in [-0.05, 0) is 6.08 Å². The molecule has 0 aliphatic carbocycles. The second-order valence-electron chi connectivity index (χ2n) is 2.64. The van der Waals surface area contributed by atoms with E-state index >= 15 is 0 Å². The summed E-state index contributed by atoms with van der Waals surface area (Å²) in [4.78, 5) is 3.81. The molecule has 4 heteroatoms. The van der Waals surface area contributed by atoms with Crippen molar-refractivity contribution in [1.29, 1.82) is 0 Å². The molecule has 1 aliphatic heterocycles. The minimum absolute atomic E-state index is 0.0109. The molecule has 0 spiro atoms. The number of nitrogens with two attached hydrogens (primary N) is 1. The zero-order valence-electron chi connectivity index (χ0n) is 7.29. The Bertz CT molecular complexity index is 183. The summed E-state index contributed by atoms with van der Waals surface area (Å²) in [7, 11) is 1.71. The van der Waals surface area contributed by atoms with E-state index in [2.05, 4.69) is 10.3 Å². The predicted octanol–water partition coefficient (Wildman–Crippen LogP) is -0.482. The van der Waals surface area contributed by atoms with Crippen LogP contribution >= 0.6 is 0 Å². The van der Waals surface area contributed by atoms with Crippen LogP contribution in [0.15, 0.2) is 16.8 Å². The van der Waals surface area contributed by atoms with Gasteiger partial charge in [0.2, 0.25) is 0 Å². The Morgan fingerprint density at radius 2 is 2.58 bits per heavy atom. The molecule has 1 saturated heterocycles. The van der Waals surface area contributed by atoms with Crippen molar-refractivity contribution < 1.29 is 4.74 Å². The standard InChI is InChI=1S/C8H15N3O/c1-10-3-2-7(9)8-6-11-4-5-12-8/h2-3,8,11H,4-6,9H2,1H3/b7-2-,10-3?. The maximum atomic E-state index is 5.74. The highest BCUT2D eigenvalue weighted by atomic mass is 16.5.